The summed E-state index contributed by atoms with van der Waals surface area (Å²) in [7, 11) is 1.57. The van der Waals surface area contributed by atoms with Gasteiger partial charge in [-0.3, -0.25) is 33.8 Å². The molecule has 58 heavy (non-hydrogen) atoms. The number of imide groups is 1. The van der Waals surface area contributed by atoms with E-state index in [9.17, 15) is 24.0 Å². The van der Waals surface area contributed by atoms with Crippen molar-refractivity contribution in [3.8, 4) is 11.5 Å². The Labute approximate surface area is 340 Å². The molecule has 0 aromatic heterocycles. The summed E-state index contributed by atoms with van der Waals surface area (Å²) in [6.45, 7) is 18.6. The monoisotopic (exact) mass is 793 g/mol. The number of fused-ring (bicyclic) bond motifs is 1. The minimum atomic E-state index is -1.62. The van der Waals surface area contributed by atoms with E-state index in [-0.39, 0.29) is 35.4 Å². The highest BCUT2D eigenvalue weighted by molar-refractivity contribution is 6.23. The summed E-state index contributed by atoms with van der Waals surface area (Å²) >= 11 is 0. The zero-order chi connectivity index (χ0) is 42.9. The van der Waals surface area contributed by atoms with E-state index in [1.165, 1.54) is 12.1 Å². The van der Waals surface area contributed by atoms with Crippen LogP contribution in [0.5, 0.6) is 11.5 Å². The predicted molar refractivity (Wildman–Crippen MR) is 219 cm³/mol. The van der Waals surface area contributed by atoms with Crippen LogP contribution in [0.25, 0.3) is 0 Å². The fourth-order valence-electron chi connectivity index (χ4n) is 7.31. The third kappa shape index (κ3) is 9.38. The number of likely N-dealkylation sites (tertiary alicyclic amines) is 1. The number of aliphatic imine (C=N–C) groups is 1. The number of amides is 4. The first-order valence-electron chi connectivity index (χ1n) is 19.7. The van der Waals surface area contributed by atoms with Crippen LogP contribution < -0.4 is 9.47 Å². The highest BCUT2D eigenvalue weighted by Crippen LogP contribution is 2.43. The van der Waals surface area contributed by atoms with Crippen LogP contribution in [0, 0.1) is 5.92 Å². The van der Waals surface area contributed by atoms with Crippen LogP contribution in [0.2, 0.25) is 0 Å². The molecule has 3 atom stereocenters. The van der Waals surface area contributed by atoms with Gasteiger partial charge in [0.2, 0.25) is 0 Å². The zero-order valence-corrected chi connectivity index (χ0v) is 35.4. The number of carbonyl (C=O) groups is 6. The van der Waals surface area contributed by atoms with Gasteiger partial charge in [-0.2, -0.15) is 4.99 Å². The van der Waals surface area contributed by atoms with E-state index in [4.69, 9.17) is 14.2 Å². The summed E-state index contributed by atoms with van der Waals surface area (Å²) in [5, 5.41) is 0. The second kappa shape index (κ2) is 16.7. The molecule has 1 fully saturated rings. The summed E-state index contributed by atoms with van der Waals surface area (Å²) in [4.78, 5) is 91.7. The van der Waals surface area contributed by atoms with E-state index in [0.717, 1.165) is 20.9 Å². The molecular weight excluding hydrogens is 739 g/mol. The predicted octanol–water partition coefficient (Wildman–Crippen LogP) is 7.85. The van der Waals surface area contributed by atoms with Crippen molar-refractivity contribution in [2.24, 2.45) is 10.9 Å². The topological polar surface area (TPSA) is 149 Å². The number of esters is 2. The molecule has 12 heteroatoms. The van der Waals surface area contributed by atoms with Gasteiger partial charge in [-0.25, -0.2) is 4.79 Å². The van der Waals surface area contributed by atoms with E-state index >= 15 is 4.79 Å². The van der Waals surface area contributed by atoms with Crippen molar-refractivity contribution in [3.05, 3.63) is 94.5 Å². The number of rotatable bonds is 9. The molecule has 1 saturated heterocycles. The molecule has 0 N–H and O–H groups in total. The molecule has 3 aromatic carbocycles. The lowest BCUT2D eigenvalue weighted by Gasteiger charge is -2.40. The molecule has 2 aliphatic heterocycles. The molecule has 0 aliphatic carbocycles. The third-order valence-electron chi connectivity index (χ3n) is 10.1. The molecule has 2 aliphatic rings. The Balaban J connectivity index is 1.62. The van der Waals surface area contributed by atoms with Crippen LogP contribution in [-0.2, 0) is 30.0 Å². The standard InChI is InChI=1S/C46H55N3O9/c1-27(24-36(50)57-38-32(44(2,3)4)25-29(56-11)26-33(38)45(5,6)7)37(49-40(52)30-20-15-16-21-31(30)41(49)53)42(54)48-34(43(55)58-46(8,9)10)22-17-23-35(48)47-39(51)28-18-13-12-14-19-28/h12-16,18-21,25-27,34,37H,17,22-24H2,1-11H3/b47-35+/t27-,34?,37?/m1/s1. The molecule has 5 rings (SSSR count). The second-order valence-electron chi connectivity index (χ2n) is 18.0. The Bertz CT molecular complexity index is 2070. The maximum atomic E-state index is 15.4. The fraction of sp³-hybridized carbons (Fsp3) is 0.457. The minimum absolute atomic E-state index is 0.0137. The summed E-state index contributed by atoms with van der Waals surface area (Å²) in [5.74, 6) is -4.52. The van der Waals surface area contributed by atoms with E-state index < -0.39 is 76.4 Å². The highest BCUT2D eigenvalue weighted by Gasteiger charge is 2.50. The van der Waals surface area contributed by atoms with E-state index in [1.807, 2.05) is 53.7 Å². The van der Waals surface area contributed by atoms with Gasteiger partial charge < -0.3 is 14.2 Å². The lowest BCUT2D eigenvalue weighted by molar-refractivity contribution is -0.164. The smallest absolute Gasteiger partial charge is 0.329 e. The van der Waals surface area contributed by atoms with Crippen molar-refractivity contribution < 1.29 is 43.0 Å². The van der Waals surface area contributed by atoms with Crippen LogP contribution in [-0.4, -0.2) is 76.0 Å². The summed E-state index contributed by atoms with van der Waals surface area (Å²) < 4.78 is 17.6. The van der Waals surface area contributed by atoms with Crippen LogP contribution in [0.4, 0.5) is 0 Å². The lowest BCUT2D eigenvalue weighted by atomic mass is 9.79. The largest absolute Gasteiger partial charge is 0.497 e. The average Bonchev–Trinajstić information content (AvgIpc) is 3.38. The van der Waals surface area contributed by atoms with Crippen molar-refractivity contribution >= 4 is 41.4 Å². The number of methoxy groups -OCH3 is 1. The molecular formula is C46H55N3O9. The molecule has 12 nitrogen and oxygen atoms in total. The van der Waals surface area contributed by atoms with Gasteiger partial charge in [-0.15, -0.1) is 0 Å². The van der Waals surface area contributed by atoms with Crippen LogP contribution in [0.3, 0.4) is 0 Å². The van der Waals surface area contributed by atoms with E-state index in [0.29, 0.717) is 17.9 Å². The number of hydrogen-bond donors (Lipinski definition) is 0. The van der Waals surface area contributed by atoms with Gasteiger partial charge in [0, 0.05) is 23.1 Å². The van der Waals surface area contributed by atoms with Crippen molar-refractivity contribution in [1.29, 1.82) is 0 Å². The van der Waals surface area contributed by atoms with Gasteiger partial charge in [0.15, 0.2) is 0 Å². The first-order chi connectivity index (χ1) is 27.0. The quantitative estimate of drug-likeness (QED) is 0.120. The molecule has 4 amide bonds. The molecule has 0 bridgehead atoms. The van der Waals surface area contributed by atoms with Gasteiger partial charge in [-0.05, 0) is 86.8 Å². The van der Waals surface area contributed by atoms with Gasteiger partial charge in [0.05, 0.1) is 24.7 Å². The van der Waals surface area contributed by atoms with Gasteiger partial charge in [0.1, 0.15) is 35.0 Å². The molecule has 0 saturated carbocycles. The van der Waals surface area contributed by atoms with Crippen molar-refractivity contribution in [3.63, 3.8) is 0 Å². The van der Waals surface area contributed by atoms with Gasteiger partial charge in [-0.1, -0.05) is 78.8 Å². The molecule has 2 unspecified atom stereocenters. The van der Waals surface area contributed by atoms with Crippen LogP contribution in [0.1, 0.15) is 137 Å². The van der Waals surface area contributed by atoms with Crippen LogP contribution >= 0.6 is 0 Å². The number of carbonyl (C=O) groups excluding carboxylic acids is 6. The molecule has 3 aromatic rings. The molecule has 308 valence electrons. The summed E-state index contributed by atoms with van der Waals surface area (Å²) in [6.07, 6.45) is 0.274. The fourth-order valence-corrected chi connectivity index (χ4v) is 7.31. The number of ether oxygens (including phenoxy) is 3. The normalized spacial score (nSPS) is 17.8. The van der Waals surface area contributed by atoms with Crippen LogP contribution in [0.15, 0.2) is 71.7 Å². The molecule has 0 radical (unpaired) electrons. The van der Waals surface area contributed by atoms with E-state index in [1.54, 1.807) is 77.3 Å². The average molecular weight is 794 g/mol. The number of piperidine rings is 1. The molecule has 0 spiro atoms. The number of amidine groups is 1. The SMILES string of the molecule is COc1cc(C(C)(C)C)c(OC(=O)C[C@@H](C)C(C(=O)N2/C(=N/C(=O)c3ccccc3)CCCC2C(=O)OC(C)(C)C)N2C(=O)c3ccccc3C2=O)c(C(C)(C)C)c1. The minimum Gasteiger partial charge on any atom is -0.497 e. The van der Waals surface area contributed by atoms with Crippen molar-refractivity contribution in [2.75, 3.05) is 7.11 Å². The zero-order valence-electron chi connectivity index (χ0n) is 35.4. The van der Waals surface area contributed by atoms with Crippen molar-refractivity contribution in [1.82, 2.24) is 9.80 Å². The Kier molecular flexibility index (Phi) is 12.5. The van der Waals surface area contributed by atoms with E-state index in [2.05, 4.69) is 4.99 Å². The maximum absolute atomic E-state index is 15.4. The summed E-state index contributed by atoms with van der Waals surface area (Å²) in [5.41, 5.74) is 0.0120. The Morgan fingerprint density at radius 2 is 1.34 bits per heavy atom. The maximum Gasteiger partial charge on any atom is 0.329 e. The highest BCUT2D eigenvalue weighted by atomic mass is 16.6. The second-order valence-corrected chi connectivity index (χ2v) is 18.0. The number of benzene rings is 3. The first kappa shape index (κ1) is 43.5. The Morgan fingerprint density at radius 3 is 1.84 bits per heavy atom. The Morgan fingerprint density at radius 1 is 0.810 bits per heavy atom. The van der Waals surface area contributed by atoms with Crippen molar-refractivity contribution in [2.45, 2.75) is 123 Å². The number of nitrogens with zero attached hydrogens (tertiary/aromatic N) is 3. The first-order valence-corrected chi connectivity index (χ1v) is 19.7. The Hall–Kier alpha value is -5.65. The van der Waals surface area contributed by atoms with Gasteiger partial charge >= 0.3 is 11.9 Å². The third-order valence-corrected chi connectivity index (χ3v) is 10.1. The molecule has 2 heterocycles. The summed E-state index contributed by atoms with van der Waals surface area (Å²) in [6, 6.07) is 15.3. The lowest BCUT2D eigenvalue weighted by Crippen LogP contribution is -2.61. The number of hydrogen-bond acceptors (Lipinski definition) is 9. The van der Waals surface area contributed by atoms with Gasteiger partial charge in [0.25, 0.3) is 23.6 Å².